The normalized spacial score (nSPS) is 10.3. The van der Waals surface area contributed by atoms with Crippen LogP contribution in [-0.2, 0) is 6.54 Å². The van der Waals surface area contributed by atoms with Gasteiger partial charge in [-0.2, -0.15) is 0 Å². The van der Waals surface area contributed by atoms with Gasteiger partial charge in [-0.15, -0.1) is 0 Å². The molecule has 82 valence electrons. The topological polar surface area (TPSA) is 67.8 Å². The van der Waals surface area contributed by atoms with Crippen molar-refractivity contribution >= 4 is 15.9 Å². The number of nitrogens with zero attached hydrogens (tertiary/aromatic N) is 2. The highest BCUT2D eigenvalue weighted by Crippen LogP contribution is 2.02. The summed E-state index contributed by atoms with van der Waals surface area (Å²) < 4.78 is 1.75. The van der Waals surface area contributed by atoms with Gasteiger partial charge < -0.3 is 0 Å². The number of hydrogen-bond acceptors (Lipinski definition) is 3. The predicted molar refractivity (Wildman–Crippen MR) is 62.4 cm³/mol. The van der Waals surface area contributed by atoms with Crippen molar-refractivity contribution < 1.29 is 0 Å². The van der Waals surface area contributed by atoms with Gasteiger partial charge in [0.15, 0.2) is 0 Å². The van der Waals surface area contributed by atoms with Crippen LogP contribution in [0.25, 0.3) is 0 Å². The highest BCUT2D eigenvalue weighted by molar-refractivity contribution is 9.10. The number of pyridine rings is 1. The molecule has 0 radical (unpaired) electrons. The second-order valence-electron chi connectivity index (χ2n) is 3.22. The van der Waals surface area contributed by atoms with Crippen molar-refractivity contribution in [2.75, 3.05) is 0 Å². The highest BCUT2D eigenvalue weighted by Gasteiger charge is 2.02. The number of aromatic amines is 1. The van der Waals surface area contributed by atoms with E-state index in [2.05, 4.69) is 25.9 Å². The van der Waals surface area contributed by atoms with E-state index in [1.807, 2.05) is 12.1 Å². The molecule has 2 aromatic rings. The SMILES string of the molecule is O=c1[nH]c(=O)n(Cc2ccncc2)cc1Br. The minimum Gasteiger partial charge on any atom is -0.295 e. The molecular weight excluding hydrogens is 274 g/mol. The molecule has 0 aliphatic heterocycles. The summed E-state index contributed by atoms with van der Waals surface area (Å²) in [5.74, 6) is 0. The van der Waals surface area contributed by atoms with Crippen LogP contribution < -0.4 is 11.2 Å². The molecule has 0 aliphatic rings. The van der Waals surface area contributed by atoms with Gasteiger partial charge in [0.2, 0.25) is 0 Å². The molecule has 0 amide bonds. The zero-order valence-electron chi connectivity index (χ0n) is 8.18. The number of halogens is 1. The Hall–Kier alpha value is -1.69. The van der Waals surface area contributed by atoms with Gasteiger partial charge in [-0.25, -0.2) is 4.79 Å². The molecule has 2 aromatic heterocycles. The van der Waals surface area contributed by atoms with Gasteiger partial charge in [-0.05, 0) is 33.6 Å². The van der Waals surface area contributed by atoms with Gasteiger partial charge in [0, 0.05) is 18.6 Å². The van der Waals surface area contributed by atoms with Crippen molar-refractivity contribution in [1.82, 2.24) is 14.5 Å². The highest BCUT2D eigenvalue weighted by atomic mass is 79.9. The first kappa shape index (κ1) is 10.8. The molecule has 2 heterocycles. The zero-order chi connectivity index (χ0) is 11.5. The molecular formula is C10H8BrN3O2. The van der Waals surface area contributed by atoms with E-state index in [9.17, 15) is 9.59 Å². The first-order chi connectivity index (χ1) is 7.66. The summed E-state index contributed by atoms with van der Waals surface area (Å²) >= 11 is 3.08. The van der Waals surface area contributed by atoms with E-state index >= 15 is 0 Å². The van der Waals surface area contributed by atoms with Crippen LogP contribution in [0.4, 0.5) is 0 Å². The minimum absolute atomic E-state index is 0.334. The summed E-state index contributed by atoms with van der Waals surface area (Å²) in [5, 5.41) is 0. The van der Waals surface area contributed by atoms with Crippen molar-refractivity contribution in [3.05, 3.63) is 61.6 Å². The third-order valence-electron chi connectivity index (χ3n) is 2.07. The summed E-state index contributed by atoms with van der Waals surface area (Å²) in [4.78, 5) is 28.7. The largest absolute Gasteiger partial charge is 0.328 e. The van der Waals surface area contributed by atoms with Gasteiger partial charge in [-0.1, -0.05) is 0 Å². The van der Waals surface area contributed by atoms with Crippen LogP contribution in [0.15, 0.2) is 44.8 Å². The van der Waals surface area contributed by atoms with Crippen molar-refractivity contribution in [2.24, 2.45) is 0 Å². The first-order valence-electron chi connectivity index (χ1n) is 4.55. The number of hydrogen-bond donors (Lipinski definition) is 1. The van der Waals surface area contributed by atoms with Crippen LogP contribution in [0.3, 0.4) is 0 Å². The van der Waals surface area contributed by atoms with E-state index in [4.69, 9.17) is 0 Å². The summed E-state index contributed by atoms with van der Waals surface area (Å²) in [7, 11) is 0. The molecule has 0 aliphatic carbocycles. The third kappa shape index (κ3) is 2.27. The van der Waals surface area contributed by atoms with Crippen LogP contribution >= 0.6 is 15.9 Å². The van der Waals surface area contributed by atoms with E-state index < -0.39 is 11.2 Å². The maximum Gasteiger partial charge on any atom is 0.328 e. The summed E-state index contributed by atoms with van der Waals surface area (Å²) in [6.07, 6.45) is 4.78. The maximum atomic E-state index is 11.5. The average Bonchev–Trinajstić information content (AvgIpc) is 2.27. The van der Waals surface area contributed by atoms with Gasteiger partial charge in [0.05, 0.1) is 11.0 Å². The van der Waals surface area contributed by atoms with Gasteiger partial charge in [-0.3, -0.25) is 19.3 Å². The van der Waals surface area contributed by atoms with Gasteiger partial charge >= 0.3 is 5.69 Å². The van der Waals surface area contributed by atoms with Crippen LogP contribution in [0.1, 0.15) is 5.56 Å². The first-order valence-corrected chi connectivity index (χ1v) is 5.34. The fourth-order valence-electron chi connectivity index (χ4n) is 1.29. The minimum atomic E-state index is -0.426. The molecule has 0 unspecified atom stereocenters. The Morgan fingerprint density at radius 2 is 2.00 bits per heavy atom. The number of H-pyrrole nitrogens is 1. The van der Waals surface area contributed by atoms with Crippen LogP contribution in [0.5, 0.6) is 0 Å². The van der Waals surface area contributed by atoms with E-state index in [1.54, 1.807) is 12.4 Å². The Kier molecular flexibility index (Phi) is 3.00. The number of aromatic nitrogens is 3. The second-order valence-corrected chi connectivity index (χ2v) is 4.07. The Balaban J connectivity index is 2.40. The van der Waals surface area contributed by atoms with Gasteiger partial charge in [0.25, 0.3) is 5.56 Å². The molecule has 0 saturated carbocycles. The molecule has 2 rings (SSSR count). The van der Waals surface area contributed by atoms with Crippen molar-refractivity contribution in [3.63, 3.8) is 0 Å². The summed E-state index contributed by atoms with van der Waals surface area (Å²) in [6, 6.07) is 3.62. The van der Waals surface area contributed by atoms with Crippen LogP contribution in [0, 0.1) is 0 Å². The van der Waals surface area contributed by atoms with Crippen molar-refractivity contribution in [2.45, 2.75) is 6.54 Å². The molecule has 5 nitrogen and oxygen atoms in total. The molecule has 6 heteroatoms. The second kappa shape index (κ2) is 4.44. The lowest BCUT2D eigenvalue weighted by atomic mass is 10.3. The standard InChI is InChI=1S/C10H8BrN3O2/c11-8-6-14(10(16)13-9(8)15)5-7-1-3-12-4-2-7/h1-4,6H,5H2,(H,13,15,16). The van der Waals surface area contributed by atoms with E-state index in [0.29, 0.717) is 11.0 Å². The molecule has 0 fully saturated rings. The Labute approximate surface area is 98.9 Å². The zero-order valence-corrected chi connectivity index (χ0v) is 9.77. The molecule has 0 spiro atoms. The monoisotopic (exact) mass is 281 g/mol. The Bertz CT molecular complexity index is 603. The lowest BCUT2D eigenvalue weighted by Crippen LogP contribution is -2.30. The summed E-state index contributed by atoms with van der Waals surface area (Å²) in [5.41, 5.74) is 0.0945. The quantitative estimate of drug-likeness (QED) is 0.883. The molecule has 0 atom stereocenters. The van der Waals surface area contributed by atoms with E-state index in [1.165, 1.54) is 10.8 Å². The number of rotatable bonds is 2. The molecule has 0 saturated heterocycles. The van der Waals surface area contributed by atoms with Crippen molar-refractivity contribution in [1.29, 1.82) is 0 Å². The smallest absolute Gasteiger partial charge is 0.295 e. The van der Waals surface area contributed by atoms with E-state index in [-0.39, 0.29) is 0 Å². The van der Waals surface area contributed by atoms with Crippen LogP contribution in [0.2, 0.25) is 0 Å². The average molecular weight is 282 g/mol. The Morgan fingerprint density at radius 1 is 1.31 bits per heavy atom. The fourth-order valence-corrected chi connectivity index (χ4v) is 1.63. The summed E-state index contributed by atoms with van der Waals surface area (Å²) in [6.45, 7) is 0.400. The van der Waals surface area contributed by atoms with Gasteiger partial charge in [0.1, 0.15) is 0 Å². The lowest BCUT2D eigenvalue weighted by Gasteiger charge is -2.04. The Morgan fingerprint density at radius 3 is 2.69 bits per heavy atom. The van der Waals surface area contributed by atoms with E-state index in [0.717, 1.165) is 5.56 Å². The number of nitrogens with one attached hydrogen (secondary N) is 1. The fraction of sp³-hybridized carbons (Fsp3) is 0.100. The molecule has 0 bridgehead atoms. The molecule has 1 N–H and O–H groups in total. The predicted octanol–water partition coefficient (Wildman–Crippen LogP) is 0.742. The lowest BCUT2D eigenvalue weighted by molar-refractivity contribution is 0.715. The van der Waals surface area contributed by atoms with Crippen LogP contribution in [-0.4, -0.2) is 14.5 Å². The van der Waals surface area contributed by atoms with Crippen molar-refractivity contribution in [3.8, 4) is 0 Å². The molecule has 16 heavy (non-hydrogen) atoms. The molecule has 0 aromatic carbocycles. The maximum absolute atomic E-state index is 11.5. The third-order valence-corrected chi connectivity index (χ3v) is 2.63.